The Kier molecular flexibility index (Phi) is 4.07. The predicted octanol–water partition coefficient (Wildman–Crippen LogP) is 6.37. The van der Waals surface area contributed by atoms with Crippen molar-refractivity contribution in [3.63, 3.8) is 0 Å². The summed E-state index contributed by atoms with van der Waals surface area (Å²) in [6.07, 6.45) is 0.904. The van der Waals surface area contributed by atoms with Crippen LogP contribution in [0.2, 0.25) is 10.0 Å². The normalized spacial score (nSPS) is 22.0. The maximum absolute atomic E-state index is 11.3. The maximum atomic E-state index is 11.3. The van der Waals surface area contributed by atoms with Crippen LogP contribution in [0, 0.1) is 16.0 Å². The first kappa shape index (κ1) is 17.5. The van der Waals surface area contributed by atoms with E-state index in [0.29, 0.717) is 10.0 Å². The fraction of sp³-hybridized carbons (Fsp3) is 0.182. The zero-order valence-electron chi connectivity index (χ0n) is 14.7. The Labute approximate surface area is 172 Å². The number of non-ortho nitro benzene ring substituents is 1. The van der Waals surface area contributed by atoms with Crippen LogP contribution >= 0.6 is 23.2 Å². The van der Waals surface area contributed by atoms with E-state index in [1.54, 1.807) is 12.1 Å². The highest BCUT2D eigenvalue weighted by molar-refractivity contribution is 6.42. The van der Waals surface area contributed by atoms with E-state index in [4.69, 9.17) is 23.2 Å². The van der Waals surface area contributed by atoms with Crippen LogP contribution in [0.4, 0.5) is 11.4 Å². The number of fused-ring (bicyclic) bond motifs is 5. The molecule has 0 fully saturated rings. The molecule has 2 aliphatic rings. The summed E-state index contributed by atoms with van der Waals surface area (Å²) in [5.41, 5.74) is 5.66. The molecule has 0 saturated carbocycles. The average Bonchev–Trinajstić information content (AvgIpc) is 3.09. The molecule has 1 heterocycles. The van der Waals surface area contributed by atoms with Crippen molar-refractivity contribution < 1.29 is 4.92 Å². The molecule has 0 unspecified atom stereocenters. The Morgan fingerprint density at radius 1 is 0.964 bits per heavy atom. The van der Waals surface area contributed by atoms with Crippen molar-refractivity contribution in [2.24, 2.45) is 5.92 Å². The van der Waals surface area contributed by atoms with Gasteiger partial charge in [0.1, 0.15) is 0 Å². The Hall–Kier alpha value is -2.56. The second-order valence-electron chi connectivity index (χ2n) is 7.37. The van der Waals surface area contributed by atoms with Gasteiger partial charge in [0.15, 0.2) is 0 Å². The van der Waals surface area contributed by atoms with Gasteiger partial charge in [0, 0.05) is 23.7 Å². The van der Waals surface area contributed by atoms with Gasteiger partial charge in [-0.25, -0.2) is 0 Å². The highest BCUT2D eigenvalue weighted by Crippen LogP contribution is 2.54. The molecule has 1 aliphatic carbocycles. The summed E-state index contributed by atoms with van der Waals surface area (Å²) in [6.45, 7) is 0. The number of anilines is 1. The Balaban J connectivity index is 1.68. The number of nitrogens with one attached hydrogen (secondary N) is 1. The van der Waals surface area contributed by atoms with E-state index in [0.717, 1.165) is 23.2 Å². The monoisotopic (exact) mass is 410 g/mol. The van der Waals surface area contributed by atoms with Crippen molar-refractivity contribution in [3.05, 3.63) is 103 Å². The quantitative estimate of drug-likeness (QED) is 0.394. The summed E-state index contributed by atoms with van der Waals surface area (Å²) in [7, 11) is 0. The molecule has 1 N–H and O–H groups in total. The Bertz CT molecular complexity index is 1120. The molecular weight excluding hydrogens is 395 g/mol. The van der Waals surface area contributed by atoms with E-state index in [1.165, 1.54) is 11.1 Å². The number of nitro benzene ring substituents is 1. The molecule has 6 heteroatoms. The van der Waals surface area contributed by atoms with E-state index in [9.17, 15) is 10.1 Å². The zero-order chi connectivity index (χ0) is 19.4. The fourth-order valence-corrected chi connectivity index (χ4v) is 5.00. The molecule has 140 valence electrons. The summed E-state index contributed by atoms with van der Waals surface area (Å²) in [5.74, 6) is 0.343. The molecule has 3 aromatic rings. The largest absolute Gasteiger partial charge is 0.378 e. The van der Waals surface area contributed by atoms with E-state index >= 15 is 0 Å². The minimum absolute atomic E-state index is 0.0427. The number of rotatable bonds is 2. The highest BCUT2D eigenvalue weighted by atomic mass is 35.5. The summed E-state index contributed by atoms with van der Waals surface area (Å²) in [5, 5.41) is 16.0. The Morgan fingerprint density at radius 2 is 1.79 bits per heavy atom. The van der Waals surface area contributed by atoms with Gasteiger partial charge in [-0.1, -0.05) is 53.5 Å². The van der Waals surface area contributed by atoms with Gasteiger partial charge in [-0.3, -0.25) is 10.1 Å². The van der Waals surface area contributed by atoms with Gasteiger partial charge in [-0.05, 0) is 52.8 Å². The lowest BCUT2D eigenvalue weighted by atomic mass is 9.75. The van der Waals surface area contributed by atoms with Crippen LogP contribution in [-0.2, 0) is 6.42 Å². The molecule has 0 amide bonds. The summed E-state index contributed by atoms with van der Waals surface area (Å²) >= 11 is 12.4. The molecule has 0 aromatic heterocycles. The van der Waals surface area contributed by atoms with Gasteiger partial charge in [0.2, 0.25) is 0 Å². The first-order valence-corrected chi connectivity index (χ1v) is 9.86. The molecule has 0 saturated heterocycles. The number of nitro groups is 1. The Morgan fingerprint density at radius 3 is 2.57 bits per heavy atom. The number of hydrogen-bond donors (Lipinski definition) is 1. The standard InChI is InChI=1S/C22H16Cl2N2O2/c23-18-7-5-13(10-19(18)24)22-17-9-12-3-1-2-4-15(12)21(17)16-11-14(26(27)28)6-8-20(16)25-22/h1-8,10-11,17,21-22,25H,9H2/t17-,21-,22+/m0/s1. The lowest BCUT2D eigenvalue weighted by Crippen LogP contribution is -2.30. The second kappa shape index (κ2) is 6.50. The van der Waals surface area contributed by atoms with E-state index in [-0.39, 0.29) is 28.5 Å². The molecule has 1 aliphatic heterocycles. The second-order valence-corrected chi connectivity index (χ2v) is 8.18. The van der Waals surface area contributed by atoms with Gasteiger partial charge in [0.25, 0.3) is 5.69 Å². The van der Waals surface area contributed by atoms with Crippen LogP contribution in [0.1, 0.15) is 34.2 Å². The molecule has 0 spiro atoms. The minimum Gasteiger partial charge on any atom is -0.378 e. The van der Waals surface area contributed by atoms with Crippen LogP contribution in [0.5, 0.6) is 0 Å². The molecular formula is C22H16Cl2N2O2. The zero-order valence-corrected chi connectivity index (χ0v) is 16.2. The molecule has 5 rings (SSSR count). The number of halogens is 2. The summed E-state index contributed by atoms with van der Waals surface area (Å²) < 4.78 is 0. The number of benzene rings is 3. The average molecular weight is 411 g/mol. The topological polar surface area (TPSA) is 55.2 Å². The number of nitrogens with zero attached hydrogens (tertiary/aromatic N) is 1. The van der Waals surface area contributed by atoms with E-state index < -0.39 is 0 Å². The van der Waals surface area contributed by atoms with Gasteiger partial charge in [0.05, 0.1) is 21.0 Å². The smallest absolute Gasteiger partial charge is 0.269 e. The fourth-order valence-electron chi connectivity index (χ4n) is 4.70. The first-order chi connectivity index (χ1) is 13.5. The van der Waals surface area contributed by atoms with Crippen molar-refractivity contribution in [1.29, 1.82) is 0 Å². The van der Waals surface area contributed by atoms with Crippen molar-refractivity contribution in [3.8, 4) is 0 Å². The molecule has 3 aromatic carbocycles. The van der Waals surface area contributed by atoms with Gasteiger partial charge < -0.3 is 5.32 Å². The third kappa shape index (κ3) is 2.67. The predicted molar refractivity (Wildman–Crippen MR) is 111 cm³/mol. The van der Waals surface area contributed by atoms with Crippen LogP contribution in [0.15, 0.2) is 60.7 Å². The number of hydrogen-bond acceptors (Lipinski definition) is 3. The first-order valence-electron chi connectivity index (χ1n) is 9.10. The highest BCUT2D eigenvalue weighted by Gasteiger charge is 2.43. The minimum atomic E-state index is -0.332. The van der Waals surface area contributed by atoms with Crippen molar-refractivity contribution >= 4 is 34.6 Å². The van der Waals surface area contributed by atoms with Crippen molar-refractivity contribution in [2.75, 3.05) is 5.32 Å². The van der Waals surface area contributed by atoms with Crippen molar-refractivity contribution in [1.82, 2.24) is 0 Å². The van der Waals surface area contributed by atoms with E-state index in [2.05, 4.69) is 17.4 Å². The third-order valence-electron chi connectivity index (χ3n) is 5.90. The lowest BCUT2D eigenvalue weighted by molar-refractivity contribution is -0.384. The third-order valence-corrected chi connectivity index (χ3v) is 6.64. The maximum Gasteiger partial charge on any atom is 0.269 e. The molecule has 4 nitrogen and oxygen atoms in total. The van der Waals surface area contributed by atoms with E-state index in [1.807, 2.05) is 36.4 Å². The van der Waals surface area contributed by atoms with Gasteiger partial charge >= 0.3 is 0 Å². The lowest BCUT2D eigenvalue weighted by Gasteiger charge is -2.38. The van der Waals surface area contributed by atoms with Crippen LogP contribution in [0.25, 0.3) is 0 Å². The van der Waals surface area contributed by atoms with Crippen LogP contribution in [0.3, 0.4) is 0 Å². The summed E-state index contributed by atoms with van der Waals surface area (Å²) in [6, 6.07) is 19.2. The summed E-state index contributed by atoms with van der Waals surface area (Å²) in [4.78, 5) is 11.0. The van der Waals surface area contributed by atoms with Gasteiger partial charge in [-0.15, -0.1) is 0 Å². The van der Waals surface area contributed by atoms with Gasteiger partial charge in [-0.2, -0.15) is 0 Å². The molecule has 28 heavy (non-hydrogen) atoms. The SMILES string of the molecule is O=[N+]([O-])c1ccc2c(c1)[C@@H]1c3ccccc3C[C@@H]1[C@@H](c1ccc(Cl)c(Cl)c1)N2. The van der Waals surface area contributed by atoms with Crippen LogP contribution < -0.4 is 5.32 Å². The molecule has 0 bridgehead atoms. The molecule has 0 radical (unpaired) electrons. The molecule has 3 atom stereocenters. The van der Waals surface area contributed by atoms with Crippen molar-refractivity contribution in [2.45, 2.75) is 18.4 Å². The van der Waals surface area contributed by atoms with Crippen LogP contribution in [-0.4, -0.2) is 4.92 Å².